The summed E-state index contributed by atoms with van der Waals surface area (Å²) in [4.78, 5) is 14.3. The molecule has 0 N–H and O–H groups in total. The zero-order chi connectivity index (χ0) is 13.6. The van der Waals surface area contributed by atoms with E-state index in [1.165, 1.54) is 25.0 Å². The van der Waals surface area contributed by atoms with E-state index in [0.29, 0.717) is 17.9 Å². The van der Waals surface area contributed by atoms with Gasteiger partial charge in [-0.3, -0.25) is 4.79 Å². The molecule has 0 spiro atoms. The standard InChI is InChI=1S/C16H20FNO/c1-10(11-3-4-11)18(2)16(19)15-9-14(15)12-5-7-13(17)8-6-12/h5-8,10-11,14-15H,3-4,9H2,1-2H3. The van der Waals surface area contributed by atoms with E-state index in [9.17, 15) is 9.18 Å². The number of rotatable bonds is 4. The fourth-order valence-corrected chi connectivity index (χ4v) is 2.90. The molecule has 2 nitrogen and oxygen atoms in total. The molecule has 0 aromatic heterocycles. The van der Waals surface area contributed by atoms with Gasteiger partial charge in [0.25, 0.3) is 0 Å². The number of carbonyl (C=O) groups is 1. The first-order chi connectivity index (χ1) is 9.08. The quantitative estimate of drug-likeness (QED) is 0.815. The molecular weight excluding hydrogens is 241 g/mol. The average molecular weight is 261 g/mol. The largest absolute Gasteiger partial charge is 0.343 e. The molecule has 3 atom stereocenters. The Labute approximate surface area is 113 Å². The van der Waals surface area contributed by atoms with E-state index in [2.05, 4.69) is 6.92 Å². The Morgan fingerprint density at radius 3 is 2.53 bits per heavy atom. The Morgan fingerprint density at radius 2 is 1.95 bits per heavy atom. The van der Waals surface area contributed by atoms with Crippen molar-refractivity contribution in [1.29, 1.82) is 0 Å². The lowest BCUT2D eigenvalue weighted by Gasteiger charge is -2.25. The first-order valence-electron chi connectivity index (χ1n) is 7.10. The summed E-state index contributed by atoms with van der Waals surface area (Å²) < 4.78 is 12.9. The molecule has 0 saturated heterocycles. The summed E-state index contributed by atoms with van der Waals surface area (Å²) in [6.07, 6.45) is 3.42. The number of hydrogen-bond acceptors (Lipinski definition) is 1. The smallest absolute Gasteiger partial charge is 0.226 e. The lowest BCUT2D eigenvalue weighted by atomic mass is 10.1. The molecule has 1 amide bonds. The minimum atomic E-state index is -0.216. The summed E-state index contributed by atoms with van der Waals surface area (Å²) >= 11 is 0. The topological polar surface area (TPSA) is 20.3 Å². The molecule has 2 fully saturated rings. The predicted molar refractivity (Wildman–Crippen MR) is 72.2 cm³/mol. The highest BCUT2D eigenvalue weighted by Crippen LogP contribution is 2.49. The van der Waals surface area contributed by atoms with Gasteiger partial charge in [0.15, 0.2) is 0 Å². The summed E-state index contributed by atoms with van der Waals surface area (Å²) in [5, 5.41) is 0. The normalized spacial score (nSPS) is 26.9. The summed E-state index contributed by atoms with van der Waals surface area (Å²) in [6.45, 7) is 2.14. The number of hydrogen-bond donors (Lipinski definition) is 0. The van der Waals surface area contributed by atoms with Gasteiger partial charge < -0.3 is 4.90 Å². The van der Waals surface area contributed by atoms with Crippen LogP contribution in [0.2, 0.25) is 0 Å². The maximum absolute atomic E-state index is 12.9. The third kappa shape index (κ3) is 2.51. The molecule has 1 aromatic rings. The van der Waals surface area contributed by atoms with Crippen LogP contribution in [0.15, 0.2) is 24.3 Å². The fourth-order valence-electron chi connectivity index (χ4n) is 2.90. The van der Waals surface area contributed by atoms with Crippen molar-refractivity contribution in [2.45, 2.75) is 38.1 Å². The molecule has 0 radical (unpaired) electrons. The zero-order valence-corrected chi connectivity index (χ0v) is 11.5. The first kappa shape index (κ1) is 12.6. The molecule has 2 saturated carbocycles. The van der Waals surface area contributed by atoms with Gasteiger partial charge in [0.2, 0.25) is 5.91 Å². The van der Waals surface area contributed by atoms with Crippen LogP contribution in [0.4, 0.5) is 4.39 Å². The second-order valence-corrected chi connectivity index (χ2v) is 6.03. The minimum absolute atomic E-state index is 0.108. The third-order valence-corrected chi connectivity index (χ3v) is 4.67. The SMILES string of the molecule is CC(C1CC1)N(C)C(=O)C1CC1c1ccc(F)cc1. The zero-order valence-electron chi connectivity index (χ0n) is 11.5. The number of amides is 1. The lowest BCUT2D eigenvalue weighted by Crippen LogP contribution is -2.37. The van der Waals surface area contributed by atoms with Gasteiger partial charge in [-0.1, -0.05) is 12.1 Å². The molecular formula is C16H20FNO. The Hall–Kier alpha value is -1.38. The summed E-state index contributed by atoms with van der Waals surface area (Å²) in [5.41, 5.74) is 1.09. The van der Waals surface area contributed by atoms with Crippen molar-refractivity contribution in [3.63, 3.8) is 0 Å². The molecule has 1 aromatic carbocycles. The second kappa shape index (κ2) is 4.62. The van der Waals surface area contributed by atoms with Crippen molar-refractivity contribution in [3.05, 3.63) is 35.6 Å². The van der Waals surface area contributed by atoms with Gasteiger partial charge in [0, 0.05) is 19.0 Å². The maximum atomic E-state index is 12.9. The highest BCUT2D eigenvalue weighted by Gasteiger charge is 2.46. The highest BCUT2D eigenvalue weighted by atomic mass is 19.1. The van der Waals surface area contributed by atoms with Crippen LogP contribution < -0.4 is 0 Å². The minimum Gasteiger partial charge on any atom is -0.343 e. The average Bonchev–Trinajstić information content (AvgIpc) is 3.29. The van der Waals surface area contributed by atoms with Crippen LogP contribution in [0.1, 0.15) is 37.7 Å². The van der Waals surface area contributed by atoms with Crippen molar-refractivity contribution in [2.75, 3.05) is 7.05 Å². The van der Waals surface area contributed by atoms with Crippen molar-refractivity contribution in [2.24, 2.45) is 11.8 Å². The van der Waals surface area contributed by atoms with E-state index >= 15 is 0 Å². The van der Waals surface area contributed by atoms with Gasteiger partial charge in [-0.05, 0) is 55.7 Å². The molecule has 3 heteroatoms. The van der Waals surface area contributed by atoms with Crippen molar-refractivity contribution in [3.8, 4) is 0 Å². The van der Waals surface area contributed by atoms with Crippen molar-refractivity contribution < 1.29 is 9.18 Å². The van der Waals surface area contributed by atoms with E-state index in [1.54, 1.807) is 12.1 Å². The van der Waals surface area contributed by atoms with E-state index < -0.39 is 0 Å². The van der Waals surface area contributed by atoms with Gasteiger partial charge >= 0.3 is 0 Å². The molecule has 3 unspecified atom stereocenters. The van der Waals surface area contributed by atoms with Crippen LogP contribution in [0.3, 0.4) is 0 Å². The van der Waals surface area contributed by atoms with Crippen molar-refractivity contribution >= 4 is 5.91 Å². The number of halogens is 1. The summed E-state index contributed by atoms with van der Waals surface area (Å²) in [7, 11) is 1.92. The second-order valence-electron chi connectivity index (χ2n) is 6.03. The number of benzene rings is 1. The predicted octanol–water partition coefficient (Wildman–Crippen LogP) is 3.19. The summed E-state index contributed by atoms with van der Waals surface area (Å²) in [6, 6.07) is 6.93. The van der Waals surface area contributed by atoms with E-state index in [4.69, 9.17) is 0 Å². The van der Waals surface area contributed by atoms with E-state index in [0.717, 1.165) is 12.0 Å². The Morgan fingerprint density at radius 1 is 1.32 bits per heavy atom. The monoisotopic (exact) mass is 261 g/mol. The fraction of sp³-hybridized carbons (Fsp3) is 0.562. The summed E-state index contributed by atoms with van der Waals surface area (Å²) in [5.74, 6) is 1.15. The molecule has 3 rings (SSSR count). The van der Waals surface area contributed by atoms with Crippen LogP contribution in [0.25, 0.3) is 0 Å². The van der Waals surface area contributed by atoms with Crippen LogP contribution in [0, 0.1) is 17.7 Å². The van der Waals surface area contributed by atoms with Gasteiger partial charge in [0.05, 0.1) is 0 Å². The highest BCUT2D eigenvalue weighted by molar-refractivity contribution is 5.83. The number of nitrogens with zero attached hydrogens (tertiary/aromatic N) is 1. The Kier molecular flexibility index (Phi) is 3.08. The maximum Gasteiger partial charge on any atom is 0.226 e. The van der Waals surface area contributed by atoms with Crippen LogP contribution in [-0.2, 0) is 4.79 Å². The lowest BCUT2D eigenvalue weighted by molar-refractivity contribution is -0.133. The molecule has 102 valence electrons. The molecule has 0 bridgehead atoms. The van der Waals surface area contributed by atoms with Gasteiger partial charge in [-0.25, -0.2) is 4.39 Å². The van der Waals surface area contributed by atoms with Gasteiger partial charge in [0.1, 0.15) is 5.82 Å². The van der Waals surface area contributed by atoms with Crippen LogP contribution in [0.5, 0.6) is 0 Å². The van der Waals surface area contributed by atoms with E-state index in [1.807, 2.05) is 11.9 Å². The molecule has 0 aliphatic heterocycles. The Balaban J connectivity index is 1.62. The van der Waals surface area contributed by atoms with Crippen LogP contribution in [-0.4, -0.2) is 23.9 Å². The third-order valence-electron chi connectivity index (χ3n) is 4.67. The van der Waals surface area contributed by atoms with E-state index in [-0.39, 0.29) is 17.6 Å². The van der Waals surface area contributed by atoms with Crippen molar-refractivity contribution in [1.82, 2.24) is 4.90 Å². The number of carbonyl (C=O) groups excluding carboxylic acids is 1. The molecule has 19 heavy (non-hydrogen) atoms. The van der Waals surface area contributed by atoms with Gasteiger partial charge in [-0.15, -0.1) is 0 Å². The molecule has 0 heterocycles. The molecule has 2 aliphatic rings. The Bertz CT molecular complexity index is 480. The van der Waals surface area contributed by atoms with Gasteiger partial charge in [-0.2, -0.15) is 0 Å². The molecule has 2 aliphatic carbocycles. The first-order valence-corrected chi connectivity index (χ1v) is 7.10. The van der Waals surface area contributed by atoms with Crippen LogP contribution >= 0.6 is 0 Å².